The van der Waals surface area contributed by atoms with Crippen LogP contribution in [0.2, 0.25) is 0 Å². The first-order valence-electron chi connectivity index (χ1n) is 9.14. The molecule has 7 nitrogen and oxygen atoms in total. The second-order valence-electron chi connectivity index (χ2n) is 6.61. The zero-order valence-electron chi connectivity index (χ0n) is 16.5. The van der Waals surface area contributed by atoms with Gasteiger partial charge in [-0.3, -0.25) is 19.1 Å². The zero-order chi connectivity index (χ0) is 24.2. The SMILES string of the molecule is N#Cc1ccc(-c2ccc(OC(=O)C[S@@](=O)c3ccc(C(F)(F)F)cc3[N+](=O)[O-])cc2)cc1. The van der Waals surface area contributed by atoms with E-state index in [2.05, 4.69) is 0 Å². The Hall–Kier alpha value is -4.04. The van der Waals surface area contributed by atoms with Gasteiger partial charge in [0.15, 0.2) is 0 Å². The lowest BCUT2D eigenvalue weighted by Crippen LogP contribution is -2.18. The van der Waals surface area contributed by atoms with E-state index in [9.17, 15) is 32.3 Å². The molecule has 0 unspecified atom stereocenters. The van der Waals surface area contributed by atoms with E-state index in [0.717, 1.165) is 17.2 Å². The summed E-state index contributed by atoms with van der Waals surface area (Å²) in [5, 5.41) is 20.0. The lowest BCUT2D eigenvalue weighted by Gasteiger charge is -2.09. The van der Waals surface area contributed by atoms with Crippen LogP contribution in [0.25, 0.3) is 11.1 Å². The maximum atomic E-state index is 12.8. The summed E-state index contributed by atoms with van der Waals surface area (Å²) in [6.45, 7) is 0. The molecule has 1 atom stereocenters. The number of hydrogen-bond donors (Lipinski definition) is 0. The highest BCUT2D eigenvalue weighted by atomic mass is 32.2. The fraction of sp³-hybridized carbons (Fsp3) is 0.0909. The van der Waals surface area contributed by atoms with Gasteiger partial charge in [0, 0.05) is 6.07 Å². The quantitative estimate of drug-likeness (QED) is 0.218. The normalized spacial score (nSPS) is 11.9. The Morgan fingerprint density at radius 3 is 2.12 bits per heavy atom. The van der Waals surface area contributed by atoms with Crippen LogP contribution in [0.1, 0.15) is 11.1 Å². The topological polar surface area (TPSA) is 110 Å². The number of alkyl halides is 3. The molecule has 33 heavy (non-hydrogen) atoms. The van der Waals surface area contributed by atoms with Gasteiger partial charge < -0.3 is 4.74 Å². The molecule has 3 rings (SSSR count). The van der Waals surface area contributed by atoms with Gasteiger partial charge in [-0.05, 0) is 47.5 Å². The van der Waals surface area contributed by atoms with Crippen molar-refractivity contribution in [3.8, 4) is 22.9 Å². The molecule has 11 heteroatoms. The number of nitro benzene ring substituents is 1. The van der Waals surface area contributed by atoms with Crippen LogP contribution in [-0.4, -0.2) is 20.9 Å². The lowest BCUT2D eigenvalue weighted by atomic mass is 10.0. The molecule has 0 fully saturated rings. The number of carbonyl (C=O) groups is 1. The van der Waals surface area contributed by atoms with Crippen molar-refractivity contribution in [2.24, 2.45) is 0 Å². The molecule has 0 N–H and O–H groups in total. The van der Waals surface area contributed by atoms with Crippen molar-refractivity contribution in [1.29, 1.82) is 5.26 Å². The molecule has 3 aromatic carbocycles. The van der Waals surface area contributed by atoms with Gasteiger partial charge in [0.2, 0.25) is 0 Å². The number of benzene rings is 3. The van der Waals surface area contributed by atoms with Crippen molar-refractivity contribution >= 4 is 22.5 Å². The van der Waals surface area contributed by atoms with Crippen LogP contribution >= 0.6 is 0 Å². The molecule has 0 radical (unpaired) electrons. The second-order valence-corrected chi connectivity index (χ2v) is 8.03. The molecular weight excluding hydrogens is 461 g/mol. The Labute approximate surface area is 187 Å². The van der Waals surface area contributed by atoms with E-state index in [0.29, 0.717) is 11.6 Å². The summed E-state index contributed by atoms with van der Waals surface area (Å²) in [7, 11) is -2.30. The monoisotopic (exact) mass is 474 g/mol. The first kappa shape index (κ1) is 23.6. The predicted molar refractivity (Wildman–Crippen MR) is 112 cm³/mol. The summed E-state index contributed by atoms with van der Waals surface area (Å²) in [6.07, 6.45) is -4.81. The molecule has 3 aromatic rings. The summed E-state index contributed by atoms with van der Waals surface area (Å²) in [5.41, 5.74) is -0.154. The van der Waals surface area contributed by atoms with Crippen LogP contribution < -0.4 is 4.74 Å². The van der Waals surface area contributed by atoms with Gasteiger partial charge >= 0.3 is 12.1 Å². The smallest absolute Gasteiger partial charge is 0.416 e. The third-order valence-electron chi connectivity index (χ3n) is 4.41. The van der Waals surface area contributed by atoms with Gasteiger partial charge in [0.25, 0.3) is 5.69 Å². The van der Waals surface area contributed by atoms with Crippen molar-refractivity contribution in [3.05, 3.63) is 88.0 Å². The number of nitro groups is 1. The van der Waals surface area contributed by atoms with E-state index in [1.807, 2.05) is 6.07 Å². The summed E-state index contributed by atoms with van der Waals surface area (Å²) in [5.74, 6) is -1.64. The summed E-state index contributed by atoms with van der Waals surface area (Å²) in [4.78, 5) is 21.7. The van der Waals surface area contributed by atoms with Gasteiger partial charge in [-0.2, -0.15) is 18.4 Å². The molecule has 0 aliphatic heterocycles. The third-order valence-corrected chi connectivity index (χ3v) is 5.74. The fourth-order valence-corrected chi connectivity index (χ4v) is 3.84. The highest BCUT2D eigenvalue weighted by Gasteiger charge is 2.34. The maximum absolute atomic E-state index is 12.8. The summed E-state index contributed by atoms with van der Waals surface area (Å²) >= 11 is 0. The molecule has 168 valence electrons. The molecule has 0 aliphatic carbocycles. The average molecular weight is 474 g/mol. The fourth-order valence-electron chi connectivity index (χ4n) is 2.83. The van der Waals surface area contributed by atoms with Gasteiger partial charge in [-0.25, -0.2) is 0 Å². The number of esters is 1. The molecular formula is C22H13F3N2O5S. The van der Waals surface area contributed by atoms with Crippen LogP contribution in [0.3, 0.4) is 0 Å². The molecule has 0 aromatic heterocycles. The Balaban J connectivity index is 1.70. The standard InChI is InChI=1S/C22H13F3N2O5S/c23-22(24,25)17-7-10-20(19(11-17)27(29)30)33(31)13-21(28)32-18-8-5-16(6-9-18)15-3-1-14(12-26)2-4-15/h1-11H,13H2/t33-/m1/s1. The van der Waals surface area contributed by atoms with Crippen LogP contribution in [-0.2, 0) is 21.8 Å². The van der Waals surface area contributed by atoms with Gasteiger partial charge in [-0.1, -0.05) is 24.3 Å². The van der Waals surface area contributed by atoms with Crippen LogP contribution in [0.4, 0.5) is 18.9 Å². The molecule has 0 saturated carbocycles. The van der Waals surface area contributed by atoms with Gasteiger partial charge in [0.1, 0.15) is 16.4 Å². The first-order chi connectivity index (χ1) is 15.6. The summed E-state index contributed by atoms with van der Waals surface area (Å²) < 4.78 is 55.9. The van der Waals surface area contributed by atoms with Gasteiger partial charge in [0.05, 0.1) is 32.9 Å². The second kappa shape index (κ2) is 9.62. The summed E-state index contributed by atoms with van der Waals surface area (Å²) in [6, 6.07) is 16.6. The Bertz CT molecular complexity index is 1270. The molecule has 0 bridgehead atoms. The molecule has 0 aliphatic rings. The lowest BCUT2D eigenvalue weighted by molar-refractivity contribution is -0.388. The van der Waals surface area contributed by atoms with Crippen molar-refractivity contribution < 1.29 is 31.8 Å². The number of carbonyl (C=O) groups excluding carboxylic acids is 1. The number of ether oxygens (including phenoxy) is 1. The molecule has 0 saturated heterocycles. The highest BCUT2D eigenvalue weighted by Crippen LogP contribution is 2.34. The van der Waals surface area contributed by atoms with E-state index >= 15 is 0 Å². The van der Waals surface area contributed by atoms with E-state index < -0.39 is 49.8 Å². The minimum atomic E-state index is -4.81. The van der Waals surface area contributed by atoms with Crippen molar-refractivity contribution in [1.82, 2.24) is 0 Å². The molecule has 0 heterocycles. The van der Waals surface area contributed by atoms with Crippen molar-refractivity contribution in [2.75, 3.05) is 5.75 Å². The van der Waals surface area contributed by atoms with Gasteiger partial charge in [-0.15, -0.1) is 0 Å². The highest BCUT2D eigenvalue weighted by molar-refractivity contribution is 7.85. The number of nitriles is 1. The maximum Gasteiger partial charge on any atom is 0.416 e. The van der Waals surface area contributed by atoms with Crippen LogP contribution in [0.5, 0.6) is 5.75 Å². The third kappa shape index (κ3) is 5.81. The van der Waals surface area contributed by atoms with Crippen LogP contribution in [0, 0.1) is 21.4 Å². The minimum absolute atomic E-state index is 0.122. The Morgan fingerprint density at radius 2 is 1.61 bits per heavy atom. The van der Waals surface area contributed by atoms with E-state index in [1.165, 1.54) is 12.1 Å². The number of halogens is 3. The number of hydrogen-bond acceptors (Lipinski definition) is 6. The minimum Gasteiger partial charge on any atom is -0.426 e. The van der Waals surface area contributed by atoms with E-state index in [-0.39, 0.29) is 11.8 Å². The largest absolute Gasteiger partial charge is 0.426 e. The van der Waals surface area contributed by atoms with Crippen molar-refractivity contribution in [3.63, 3.8) is 0 Å². The zero-order valence-corrected chi connectivity index (χ0v) is 17.4. The van der Waals surface area contributed by atoms with Crippen molar-refractivity contribution in [2.45, 2.75) is 11.1 Å². The average Bonchev–Trinajstić information content (AvgIpc) is 2.78. The number of nitrogens with zero attached hydrogens (tertiary/aromatic N) is 2. The van der Waals surface area contributed by atoms with E-state index in [1.54, 1.807) is 36.4 Å². The van der Waals surface area contributed by atoms with Crippen LogP contribution in [0.15, 0.2) is 71.6 Å². The molecule has 0 spiro atoms. The van der Waals surface area contributed by atoms with E-state index in [4.69, 9.17) is 10.00 Å². The first-order valence-corrected chi connectivity index (χ1v) is 10.5. The number of rotatable bonds is 6. The Morgan fingerprint density at radius 1 is 1.03 bits per heavy atom. The molecule has 0 amide bonds. The Kier molecular flexibility index (Phi) is 6.89. The predicted octanol–water partition coefficient (Wildman–Crippen LogP) is 4.87.